The van der Waals surface area contributed by atoms with E-state index in [1.54, 1.807) is 54.6 Å². The van der Waals surface area contributed by atoms with E-state index < -0.39 is 47.7 Å². The van der Waals surface area contributed by atoms with E-state index in [0.717, 1.165) is 43.2 Å². The van der Waals surface area contributed by atoms with Crippen molar-refractivity contribution in [2.24, 2.45) is 28.1 Å². The summed E-state index contributed by atoms with van der Waals surface area (Å²) in [4.78, 5) is 73.8. The Balaban J connectivity index is 1.46. The van der Waals surface area contributed by atoms with Gasteiger partial charge >= 0.3 is 0 Å². The van der Waals surface area contributed by atoms with Crippen LogP contribution in [0.15, 0.2) is 65.7 Å². The second-order valence-corrected chi connectivity index (χ2v) is 13.2. The Morgan fingerprint density at radius 3 is 2.25 bits per heavy atom. The van der Waals surface area contributed by atoms with Gasteiger partial charge in [-0.05, 0) is 54.5 Å². The third kappa shape index (κ3) is 13.7. The maximum Gasteiger partial charge on any atom is 0.289 e. The first-order valence-corrected chi connectivity index (χ1v) is 17.8. The molecule has 5 amide bonds. The fraction of sp³-hybridized carbons (Fsp3) is 0.389. The number of benzene rings is 2. The molecule has 1 aromatic heterocycles. The Morgan fingerprint density at radius 2 is 1.57 bits per heavy atom. The summed E-state index contributed by atoms with van der Waals surface area (Å²) in [6.07, 6.45) is 8.58. The number of primary amides is 1. The summed E-state index contributed by atoms with van der Waals surface area (Å²) >= 11 is 5.90. The number of halogens is 1. The average molecular weight is 748 g/mol. The molecule has 0 saturated heterocycles. The molecule has 0 radical (unpaired) electrons. The molecule has 1 heterocycles. The van der Waals surface area contributed by atoms with Crippen LogP contribution in [-0.2, 0) is 25.6 Å². The Hall–Kier alpha value is -5.77. The van der Waals surface area contributed by atoms with Gasteiger partial charge in [-0.15, -0.1) is 5.10 Å². The number of hydrogen-bond acceptors (Lipinski definition) is 8. The number of hydrogen-bond donors (Lipinski definition) is 8. The lowest BCUT2D eigenvalue weighted by molar-refractivity contribution is -0.132. The minimum atomic E-state index is -1.12. The monoisotopic (exact) mass is 747 g/mol. The van der Waals surface area contributed by atoms with Gasteiger partial charge in [0.15, 0.2) is 5.96 Å². The van der Waals surface area contributed by atoms with Crippen LogP contribution in [0.2, 0.25) is 5.02 Å². The van der Waals surface area contributed by atoms with E-state index in [0.29, 0.717) is 17.9 Å². The summed E-state index contributed by atoms with van der Waals surface area (Å²) in [5, 5.41) is 17.6. The van der Waals surface area contributed by atoms with Gasteiger partial charge in [0.1, 0.15) is 18.1 Å². The predicted molar refractivity (Wildman–Crippen MR) is 201 cm³/mol. The number of H-pyrrole nitrogens is 1. The fourth-order valence-corrected chi connectivity index (χ4v) is 6.05. The van der Waals surface area contributed by atoms with Crippen molar-refractivity contribution in [3.05, 3.63) is 82.6 Å². The van der Waals surface area contributed by atoms with E-state index in [4.69, 9.17) is 28.8 Å². The summed E-state index contributed by atoms with van der Waals surface area (Å²) in [6.45, 7) is 0.189. The molecule has 4 rings (SSSR count). The second kappa shape index (κ2) is 20.3. The fourth-order valence-electron chi connectivity index (χ4n) is 5.92. The van der Waals surface area contributed by atoms with E-state index in [2.05, 4.69) is 41.4 Å². The second-order valence-electron chi connectivity index (χ2n) is 12.8. The molecule has 282 valence electrons. The third-order valence-electron chi connectivity index (χ3n) is 8.67. The smallest absolute Gasteiger partial charge is 0.289 e. The zero-order valence-corrected chi connectivity index (χ0v) is 30.0. The molecule has 16 nitrogen and oxygen atoms in total. The van der Waals surface area contributed by atoms with Gasteiger partial charge in [0, 0.05) is 24.1 Å². The molecule has 53 heavy (non-hydrogen) atoms. The molecule has 17 heteroatoms. The van der Waals surface area contributed by atoms with Crippen molar-refractivity contribution < 1.29 is 24.0 Å². The Morgan fingerprint density at radius 1 is 0.887 bits per heavy atom. The summed E-state index contributed by atoms with van der Waals surface area (Å²) < 4.78 is 0. The standard InChI is InChI=1S/C36H46ClN11O5/c37-25-16-13-22(14-17-25)15-18-29(49)45-36-46-31(47-48-36)34(53)44-28(21-24-10-5-2-6-11-24)33(52)42-26(12-7-19-41-35(39)40)32(51)43-27(30(38)50)20-23-8-3-1-4-9-23/h1,3-4,8-9,13-18,24,26-28H,2,5-7,10-12,19-21H2,(H2,38,50)(H,42,52)(H,43,51)(H,44,53)(H4,39,40,41)(H2,45,46,47,48,49)/b18-15+/t26-,27-,28-/m0/s1. The van der Waals surface area contributed by atoms with Gasteiger partial charge in [0.25, 0.3) is 11.8 Å². The molecule has 0 unspecified atom stereocenters. The third-order valence-corrected chi connectivity index (χ3v) is 8.92. The van der Waals surface area contributed by atoms with Crippen LogP contribution in [0, 0.1) is 5.92 Å². The van der Waals surface area contributed by atoms with E-state index in [1.807, 2.05) is 6.07 Å². The maximum absolute atomic E-state index is 13.9. The first-order valence-electron chi connectivity index (χ1n) is 17.4. The molecule has 0 spiro atoms. The number of carbonyl (C=O) groups is 5. The highest BCUT2D eigenvalue weighted by Gasteiger charge is 2.32. The lowest BCUT2D eigenvalue weighted by Gasteiger charge is -2.28. The van der Waals surface area contributed by atoms with Crippen molar-refractivity contribution in [1.29, 1.82) is 0 Å². The zero-order valence-electron chi connectivity index (χ0n) is 29.2. The van der Waals surface area contributed by atoms with Gasteiger partial charge in [0.2, 0.25) is 29.5 Å². The van der Waals surface area contributed by atoms with Gasteiger partial charge in [-0.1, -0.05) is 86.2 Å². The molecule has 11 N–H and O–H groups in total. The number of aromatic nitrogens is 3. The van der Waals surface area contributed by atoms with E-state index >= 15 is 0 Å². The number of anilines is 1. The Labute approximate surface area is 312 Å². The van der Waals surface area contributed by atoms with E-state index in [1.165, 1.54) is 6.08 Å². The topological polar surface area (TPSA) is 265 Å². The Kier molecular flexibility index (Phi) is 15.3. The van der Waals surface area contributed by atoms with Crippen molar-refractivity contribution in [2.75, 3.05) is 11.9 Å². The number of aromatic amines is 1. The Bertz CT molecular complexity index is 1750. The van der Waals surface area contributed by atoms with Crippen molar-refractivity contribution >= 4 is 59.1 Å². The number of carbonyl (C=O) groups excluding carboxylic acids is 5. The maximum atomic E-state index is 13.9. The molecule has 1 saturated carbocycles. The highest BCUT2D eigenvalue weighted by Crippen LogP contribution is 2.27. The zero-order chi connectivity index (χ0) is 38.2. The number of nitrogens with one attached hydrogen (secondary N) is 5. The average Bonchev–Trinajstić information content (AvgIpc) is 3.61. The highest BCUT2D eigenvalue weighted by molar-refractivity contribution is 6.30. The van der Waals surface area contributed by atoms with Gasteiger partial charge in [-0.3, -0.25) is 39.4 Å². The number of aliphatic imine (C=N–C) groups is 1. The van der Waals surface area contributed by atoms with Crippen LogP contribution in [0.5, 0.6) is 0 Å². The van der Waals surface area contributed by atoms with Crippen LogP contribution >= 0.6 is 11.6 Å². The molecule has 1 aliphatic rings. The van der Waals surface area contributed by atoms with Crippen molar-refractivity contribution in [2.45, 2.75) is 75.9 Å². The largest absolute Gasteiger partial charge is 0.370 e. The lowest BCUT2D eigenvalue weighted by Crippen LogP contribution is -2.57. The van der Waals surface area contributed by atoms with Gasteiger partial charge in [-0.2, -0.15) is 4.98 Å². The first-order chi connectivity index (χ1) is 25.5. The SMILES string of the molecule is NC(=O)[C@H](Cc1ccccc1)NC(=O)[C@H](CCCN=C(N)N)NC(=O)[C@H](CC1CCCCC1)NC(=O)c1nc(NC(=O)/C=C/c2ccc(Cl)cc2)n[nH]1. The van der Waals surface area contributed by atoms with Crippen LogP contribution in [0.4, 0.5) is 5.95 Å². The van der Waals surface area contributed by atoms with Gasteiger partial charge < -0.3 is 33.2 Å². The first kappa shape index (κ1) is 40.0. The number of nitrogens with zero attached hydrogens (tertiary/aromatic N) is 3. The van der Waals surface area contributed by atoms with Crippen molar-refractivity contribution in [1.82, 2.24) is 31.1 Å². The summed E-state index contributed by atoms with van der Waals surface area (Å²) in [7, 11) is 0. The van der Waals surface area contributed by atoms with Crippen LogP contribution in [0.25, 0.3) is 6.08 Å². The summed E-state index contributed by atoms with van der Waals surface area (Å²) in [5.41, 5.74) is 18.1. The molecular formula is C36H46ClN11O5. The van der Waals surface area contributed by atoms with Crippen LogP contribution in [-0.4, -0.2) is 75.3 Å². The van der Waals surface area contributed by atoms with Gasteiger partial charge in [-0.25, -0.2) is 0 Å². The lowest BCUT2D eigenvalue weighted by atomic mass is 9.84. The molecule has 1 fully saturated rings. The molecule has 0 aliphatic heterocycles. The molecule has 3 atom stereocenters. The number of amides is 5. The number of nitrogens with two attached hydrogens (primary N) is 3. The van der Waals surface area contributed by atoms with E-state index in [9.17, 15) is 24.0 Å². The van der Waals surface area contributed by atoms with Crippen molar-refractivity contribution in [3.63, 3.8) is 0 Å². The summed E-state index contributed by atoms with van der Waals surface area (Å²) in [6, 6.07) is 12.7. The molecule has 1 aliphatic carbocycles. The van der Waals surface area contributed by atoms with E-state index in [-0.39, 0.29) is 43.0 Å². The highest BCUT2D eigenvalue weighted by atomic mass is 35.5. The minimum absolute atomic E-state index is 0.118. The molecule has 3 aromatic rings. The molecule has 0 bridgehead atoms. The quantitative estimate of drug-likeness (QED) is 0.0408. The number of guanidine groups is 1. The molecule has 2 aromatic carbocycles. The number of rotatable bonds is 18. The summed E-state index contributed by atoms with van der Waals surface area (Å²) in [5.74, 6) is -3.61. The van der Waals surface area contributed by atoms with Crippen LogP contribution < -0.4 is 38.5 Å². The molecular weight excluding hydrogens is 702 g/mol. The normalized spacial score (nSPS) is 14.7. The van der Waals surface area contributed by atoms with Gasteiger partial charge in [0.05, 0.1) is 0 Å². The van der Waals surface area contributed by atoms with Crippen LogP contribution in [0.1, 0.15) is 73.1 Å². The van der Waals surface area contributed by atoms with Crippen molar-refractivity contribution in [3.8, 4) is 0 Å². The predicted octanol–water partition coefficient (Wildman–Crippen LogP) is 1.93. The van der Waals surface area contributed by atoms with Crippen LogP contribution in [0.3, 0.4) is 0 Å². The minimum Gasteiger partial charge on any atom is -0.370 e.